The Morgan fingerprint density at radius 2 is 1.70 bits per heavy atom. The summed E-state index contributed by atoms with van der Waals surface area (Å²) in [4.78, 5) is 0. The SMILES string of the molecule is CC.Oc1ccccc1I. The fourth-order valence-electron chi connectivity index (χ4n) is 0.452. The number of halogens is 1. The van der Waals surface area contributed by atoms with Crippen molar-refractivity contribution in [2.45, 2.75) is 13.8 Å². The first-order chi connectivity index (χ1) is 4.80. The van der Waals surface area contributed by atoms with E-state index in [1.165, 1.54) is 0 Å². The molecule has 0 fully saturated rings. The van der Waals surface area contributed by atoms with Gasteiger partial charge in [-0.2, -0.15) is 0 Å². The van der Waals surface area contributed by atoms with E-state index in [1.807, 2.05) is 26.0 Å². The van der Waals surface area contributed by atoms with Crippen LogP contribution in [0, 0.1) is 3.57 Å². The van der Waals surface area contributed by atoms with Crippen LogP contribution in [-0.2, 0) is 0 Å². The van der Waals surface area contributed by atoms with Gasteiger partial charge < -0.3 is 5.11 Å². The average molecular weight is 250 g/mol. The number of benzene rings is 1. The summed E-state index contributed by atoms with van der Waals surface area (Å²) in [5.41, 5.74) is 0. The second-order valence-corrected chi connectivity index (χ2v) is 2.61. The van der Waals surface area contributed by atoms with Gasteiger partial charge in [0, 0.05) is 0 Å². The third-order valence-corrected chi connectivity index (χ3v) is 1.76. The van der Waals surface area contributed by atoms with Crippen LogP contribution in [0.5, 0.6) is 5.75 Å². The molecule has 2 heteroatoms. The molecule has 0 aliphatic carbocycles. The highest BCUT2D eigenvalue weighted by molar-refractivity contribution is 14.1. The van der Waals surface area contributed by atoms with Crippen LogP contribution in [0.15, 0.2) is 24.3 Å². The van der Waals surface area contributed by atoms with Gasteiger partial charge in [-0.15, -0.1) is 0 Å². The number of phenolic OH excluding ortho intramolecular Hbond substituents is 1. The van der Waals surface area contributed by atoms with Crippen molar-refractivity contribution in [3.05, 3.63) is 27.8 Å². The molecular weight excluding hydrogens is 239 g/mol. The minimum Gasteiger partial charge on any atom is -0.507 e. The van der Waals surface area contributed by atoms with Crippen molar-refractivity contribution >= 4 is 22.6 Å². The summed E-state index contributed by atoms with van der Waals surface area (Å²) in [7, 11) is 0. The summed E-state index contributed by atoms with van der Waals surface area (Å²) in [6.07, 6.45) is 0. The Labute approximate surface area is 75.2 Å². The molecule has 0 radical (unpaired) electrons. The Balaban J connectivity index is 0.000000371. The first-order valence-corrected chi connectivity index (χ1v) is 4.32. The summed E-state index contributed by atoms with van der Waals surface area (Å²) in [5.74, 6) is 0.355. The molecule has 10 heavy (non-hydrogen) atoms. The zero-order valence-corrected chi connectivity index (χ0v) is 8.29. The number of hydrogen-bond donors (Lipinski definition) is 1. The van der Waals surface area contributed by atoms with Gasteiger partial charge in [0.25, 0.3) is 0 Å². The summed E-state index contributed by atoms with van der Waals surface area (Å²) >= 11 is 2.07. The molecule has 1 aromatic rings. The quantitative estimate of drug-likeness (QED) is 0.701. The Morgan fingerprint density at radius 1 is 1.20 bits per heavy atom. The average Bonchev–Trinajstić information content (AvgIpc) is 2.00. The van der Waals surface area contributed by atoms with Crippen molar-refractivity contribution in [3.63, 3.8) is 0 Å². The van der Waals surface area contributed by atoms with Gasteiger partial charge in [0.2, 0.25) is 0 Å². The van der Waals surface area contributed by atoms with Crippen LogP contribution >= 0.6 is 22.6 Å². The van der Waals surface area contributed by atoms with E-state index >= 15 is 0 Å². The van der Waals surface area contributed by atoms with Crippen molar-refractivity contribution in [2.24, 2.45) is 0 Å². The van der Waals surface area contributed by atoms with Gasteiger partial charge in [-0.1, -0.05) is 26.0 Å². The molecule has 1 rings (SSSR count). The molecule has 0 saturated carbocycles. The normalized spacial score (nSPS) is 7.90. The molecule has 0 bridgehead atoms. The van der Waals surface area contributed by atoms with E-state index in [-0.39, 0.29) is 0 Å². The van der Waals surface area contributed by atoms with Gasteiger partial charge in [0.1, 0.15) is 5.75 Å². The Bertz CT molecular complexity index is 165. The molecule has 0 amide bonds. The minimum absolute atomic E-state index is 0.355. The molecule has 1 N–H and O–H groups in total. The monoisotopic (exact) mass is 250 g/mol. The highest BCUT2D eigenvalue weighted by atomic mass is 127. The van der Waals surface area contributed by atoms with Crippen molar-refractivity contribution < 1.29 is 5.11 Å². The second-order valence-electron chi connectivity index (χ2n) is 1.45. The third-order valence-electron chi connectivity index (χ3n) is 0.852. The predicted octanol–water partition coefficient (Wildman–Crippen LogP) is 3.02. The van der Waals surface area contributed by atoms with E-state index in [0.29, 0.717) is 5.75 Å². The van der Waals surface area contributed by atoms with Crippen LogP contribution in [0.1, 0.15) is 13.8 Å². The van der Waals surface area contributed by atoms with Crippen LogP contribution in [0.25, 0.3) is 0 Å². The molecule has 0 atom stereocenters. The molecule has 0 aromatic heterocycles. The summed E-state index contributed by atoms with van der Waals surface area (Å²) < 4.78 is 0.894. The van der Waals surface area contributed by atoms with Crippen LogP contribution in [0.4, 0.5) is 0 Å². The van der Waals surface area contributed by atoms with Crippen molar-refractivity contribution in [3.8, 4) is 5.75 Å². The number of para-hydroxylation sites is 1. The first-order valence-electron chi connectivity index (χ1n) is 3.24. The van der Waals surface area contributed by atoms with E-state index < -0.39 is 0 Å². The standard InChI is InChI=1S/C6H5IO.C2H6/c7-5-3-1-2-4-6(5)8;1-2/h1-4,8H;1-2H3. The van der Waals surface area contributed by atoms with Crippen LogP contribution in [-0.4, -0.2) is 5.11 Å². The van der Waals surface area contributed by atoms with Gasteiger partial charge in [0.15, 0.2) is 0 Å². The summed E-state index contributed by atoms with van der Waals surface area (Å²) in [5, 5.41) is 8.91. The fraction of sp³-hybridized carbons (Fsp3) is 0.250. The van der Waals surface area contributed by atoms with Crippen molar-refractivity contribution in [1.29, 1.82) is 0 Å². The van der Waals surface area contributed by atoms with Gasteiger partial charge in [-0.25, -0.2) is 0 Å². The first kappa shape index (κ1) is 9.75. The maximum absolute atomic E-state index is 8.91. The maximum atomic E-state index is 8.91. The number of phenols is 1. The van der Waals surface area contributed by atoms with E-state index in [0.717, 1.165) is 3.57 Å². The second kappa shape index (κ2) is 5.53. The smallest absolute Gasteiger partial charge is 0.128 e. The summed E-state index contributed by atoms with van der Waals surface area (Å²) in [6.45, 7) is 4.00. The molecule has 0 aliphatic rings. The lowest BCUT2D eigenvalue weighted by atomic mass is 10.3. The molecule has 0 aliphatic heterocycles. The fourth-order valence-corrected chi connectivity index (χ4v) is 0.839. The van der Waals surface area contributed by atoms with E-state index in [2.05, 4.69) is 22.6 Å². The van der Waals surface area contributed by atoms with E-state index in [9.17, 15) is 0 Å². The number of rotatable bonds is 0. The number of hydrogen-bond acceptors (Lipinski definition) is 1. The Morgan fingerprint density at radius 3 is 2.00 bits per heavy atom. The molecule has 0 saturated heterocycles. The van der Waals surface area contributed by atoms with Crippen LogP contribution in [0.3, 0.4) is 0 Å². The third kappa shape index (κ3) is 3.06. The Kier molecular flexibility index (Phi) is 5.39. The molecule has 0 spiro atoms. The molecule has 0 unspecified atom stereocenters. The minimum atomic E-state index is 0.355. The molecule has 1 nitrogen and oxygen atoms in total. The largest absolute Gasteiger partial charge is 0.507 e. The van der Waals surface area contributed by atoms with Gasteiger partial charge >= 0.3 is 0 Å². The molecule has 0 heterocycles. The lowest BCUT2D eigenvalue weighted by Crippen LogP contribution is -1.67. The lowest BCUT2D eigenvalue weighted by Gasteiger charge is -1.90. The van der Waals surface area contributed by atoms with Crippen molar-refractivity contribution in [1.82, 2.24) is 0 Å². The van der Waals surface area contributed by atoms with Gasteiger partial charge in [0.05, 0.1) is 3.57 Å². The molecule has 56 valence electrons. The molecule has 1 aromatic carbocycles. The summed E-state index contributed by atoms with van der Waals surface area (Å²) in [6, 6.07) is 7.22. The lowest BCUT2D eigenvalue weighted by molar-refractivity contribution is 0.471. The van der Waals surface area contributed by atoms with E-state index in [1.54, 1.807) is 12.1 Å². The highest BCUT2D eigenvalue weighted by Crippen LogP contribution is 2.16. The maximum Gasteiger partial charge on any atom is 0.128 e. The zero-order valence-electron chi connectivity index (χ0n) is 6.13. The van der Waals surface area contributed by atoms with Crippen molar-refractivity contribution in [2.75, 3.05) is 0 Å². The van der Waals surface area contributed by atoms with Gasteiger partial charge in [-0.05, 0) is 34.7 Å². The van der Waals surface area contributed by atoms with Crippen LogP contribution in [0.2, 0.25) is 0 Å². The van der Waals surface area contributed by atoms with E-state index in [4.69, 9.17) is 5.11 Å². The number of aromatic hydroxyl groups is 1. The zero-order chi connectivity index (χ0) is 7.98. The molecular formula is C8H11IO. The predicted molar refractivity (Wildman–Crippen MR) is 52.2 cm³/mol. The van der Waals surface area contributed by atoms with Gasteiger partial charge in [-0.3, -0.25) is 0 Å². The van der Waals surface area contributed by atoms with Crippen LogP contribution < -0.4 is 0 Å². The Hall–Kier alpha value is -0.250. The topological polar surface area (TPSA) is 20.2 Å². The highest BCUT2D eigenvalue weighted by Gasteiger charge is 1.89.